The Labute approximate surface area is 160 Å². The number of halogens is 1. The van der Waals surface area contributed by atoms with E-state index in [0.717, 1.165) is 50.8 Å². The van der Waals surface area contributed by atoms with Crippen molar-refractivity contribution in [3.8, 4) is 0 Å². The van der Waals surface area contributed by atoms with Crippen LogP contribution in [0.1, 0.15) is 48.4 Å². The van der Waals surface area contributed by atoms with Crippen molar-refractivity contribution in [1.82, 2.24) is 10.2 Å². The van der Waals surface area contributed by atoms with Gasteiger partial charge in [-0.05, 0) is 62.4 Å². The van der Waals surface area contributed by atoms with E-state index in [1.54, 1.807) is 6.07 Å². The van der Waals surface area contributed by atoms with Gasteiger partial charge in [0.05, 0.1) is 6.04 Å². The Balaban J connectivity index is 1.31. The fourth-order valence-electron chi connectivity index (χ4n) is 4.41. The van der Waals surface area contributed by atoms with Crippen molar-refractivity contribution in [3.63, 3.8) is 0 Å². The standard InChI is InChI=1S/C23H27FN2O/c24-21-10-4-2-7-19(21)16-26-14-12-18(13-15-26)23(27)25-22-11-5-8-17-6-1-3-9-20(17)22/h1-4,6-7,9-10,18,22H,5,8,11-16H2,(H,25,27)/t22-/m0/s1. The summed E-state index contributed by atoms with van der Waals surface area (Å²) in [6.45, 7) is 2.30. The number of hydrogen-bond donors (Lipinski definition) is 1. The Morgan fingerprint density at radius 2 is 1.78 bits per heavy atom. The number of fused-ring (bicyclic) bond motifs is 1. The van der Waals surface area contributed by atoms with Crippen molar-refractivity contribution < 1.29 is 9.18 Å². The Morgan fingerprint density at radius 3 is 2.59 bits per heavy atom. The van der Waals surface area contributed by atoms with Crippen LogP contribution in [0, 0.1) is 11.7 Å². The topological polar surface area (TPSA) is 32.3 Å². The molecule has 0 unspecified atom stereocenters. The first-order valence-corrected chi connectivity index (χ1v) is 10.0. The zero-order valence-electron chi connectivity index (χ0n) is 15.7. The van der Waals surface area contributed by atoms with Gasteiger partial charge in [0, 0.05) is 18.0 Å². The molecule has 3 nitrogen and oxygen atoms in total. The molecule has 0 radical (unpaired) electrons. The van der Waals surface area contributed by atoms with Crippen LogP contribution in [0.3, 0.4) is 0 Å². The quantitative estimate of drug-likeness (QED) is 0.878. The smallest absolute Gasteiger partial charge is 0.223 e. The fraction of sp³-hybridized carbons (Fsp3) is 0.435. The van der Waals surface area contributed by atoms with Gasteiger partial charge in [-0.3, -0.25) is 9.69 Å². The molecule has 4 heteroatoms. The molecule has 1 heterocycles. The van der Waals surface area contributed by atoms with Crippen molar-refractivity contribution in [1.29, 1.82) is 0 Å². The molecule has 0 saturated carbocycles. The lowest BCUT2D eigenvalue weighted by Gasteiger charge is -2.33. The predicted molar refractivity (Wildman–Crippen MR) is 105 cm³/mol. The summed E-state index contributed by atoms with van der Waals surface area (Å²) in [5.74, 6) is 0.103. The Hall–Kier alpha value is -2.20. The number of rotatable bonds is 4. The number of hydrogen-bond acceptors (Lipinski definition) is 2. The molecule has 1 amide bonds. The molecule has 142 valence electrons. The highest BCUT2D eigenvalue weighted by Gasteiger charge is 2.28. The summed E-state index contributed by atoms with van der Waals surface area (Å²) in [6, 6.07) is 15.6. The molecule has 27 heavy (non-hydrogen) atoms. The first kappa shape index (κ1) is 18.2. The van der Waals surface area contributed by atoms with Crippen LogP contribution in [0.25, 0.3) is 0 Å². The van der Waals surface area contributed by atoms with E-state index in [1.807, 2.05) is 12.1 Å². The first-order chi connectivity index (χ1) is 13.2. The van der Waals surface area contributed by atoms with Crippen molar-refractivity contribution in [2.75, 3.05) is 13.1 Å². The van der Waals surface area contributed by atoms with Gasteiger partial charge >= 0.3 is 0 Å². The van der Waals surface area contributed by atoms with Gasteiger partial charge < -0.3 is 5.32 Å². The van der Waals surface area contributed by atoms with Gasteiger partial charge in [0.15, 0.2) is 0 Å². The zero-order valence-corrected chi connectivity index (χ0v) is 15.7. The van der Waals surface area contributed by atoms with Crippen molar-refractivity contribution in [2.45, 2.75) is 44.7 Å². The normalized spacial score (nSPS) is 20.9. The zero-order chi connectivity index (χ0) is 18.6. The number of aryl methyl sites for hydroxylation is 1. The molecule has 1 fully saturated rings. The summed E-state index contributed by atoms with van der Waals surface area (Å²) in [7, 11) is 0. The van der Waals surface area contributed by atoms with Crippen LogP contribution in [0.5, 0.6) is 0 Å². The van der Waals surface area contributed by atoms with Gasteiger partial charge in [0.1, 0.15) is 5.82 Å². The SMILES string of the molecule is O=C(N[C@H]1CCCc2ccccc21)C1CCN(Cc2ccccc2F)CC1. The van der Waals surface area contributed by atoms with E-state index in [-0.39, 0.29) is 23.7 Å². The molecule has 1 aliphatic heterocycles. The molecular weight excluding hydrogens is 339 g/mol. The molecule has 0 aromatic heterocycles. The number of piperidine rings is 1. The summed E-state index contributed by atoms with van der Waals surface area (Å²) in [6.07, 6.45) is 4.94. The molecule has 2 aliphatic rings. The molecule has 1 atom stereocenters. The summed E-state index contributed by atoms with van der Waals surface area (Å²) in [5, 5.41) is 3.30. The highest BCUT2D eigenvalue weighted by Crippen LogP contribution is 2.30. The summed E-state index contributed by atoms with van der Waals surface area (Å²) in [5.41, 5.74) is 3.39. The lowest BCUT2D eigenvalue weighted by Crippen LogP contribution is -2.41. The van der Waals surface area contributed by atoms with E-state index in [4.69, 9.17) is 0 Å². The third-order valence-electron chi connectivity index (χ3n) is 6.00. The Morgan fingerprint density at radius 1 is 1.04 bits per heavy atom. The summed E-state index contributed by atoms with van der Waals surface area (Å²) >= 11 is 0. The number of nitrogens with zero attached hydrogens (tertiary/aromatic N) is 1. The highest BCUT2D eigenvalue weighted by atomic mass is 19.1. The van der Waals surface area contributed by atoms with Gasteiger partial charge in [-0.15, -0.1) is 0 Å². The van der Waals surface area contributed by atoms with Crippen molar-refractivity contribution in [2.24, 2.45) is 5.92 Å². The maximum absolute atomic E-state index is 13.8. The van der Waals surface area contributed by atoms with Crippen LogP contribution >= 0.6 is 0 Å². The molecule has 1 N–H and O–H groups in total. The molecule has 4 rings (SSSR count). The second-order valence-electron chi connectivity index (χ2n) is 7.79. The van der Waals surface area contributed by atoms with Crippen molar-refractivity contribution >= 4 is 5.91 Å². The Bertz CT molecular complexity index is 798. The van der Waals surface area contributed by atoms with Gasteiger partial charge in [-0.2, -0.15) is 0 Å². The third-order valence-corrected chi connectivity index (χ3v) is 6.00. The van der Waals surface area contributed by atoms with Crippen molar-refractivity contribution in [3.05, 3.63) is 71.0 Å². The van der Waals surface area contributed by atoms with Crippen LogP contribution in [-0.2, 0) is 17.8 Å². The minimum Gasteiger partial charge on any atom is -0.349 e. The second-order valence-corrected chi connectivity index (χ2v) is 7.79. The molecule has 1 aliphatic carbocycles. The summed E-state index contributed by atoms with van der Waals surface area (Å²) < 4.78 is 13.8. The highest BCUT2D eigenvalue weighted by molar-refractivity contribution is 5.79. The number of carbonyl (C=O) groups is 1. The van der Waals surface area contributed by atoms with Crippen LogP contribution in [-0.4, -0.2) is 23.9 Å². The molecule has 0 spiro atoms. The first-order valence-electron chi connectivity index (χ1n) is 10.0. The third kappa shape index (κ3) is 4.22. The molecule has 2 aromatic rings. The monoisotopic (exact) mass is 366 g/mol. The molecule has 0 bridgehead atoms. The minimum atomic E-state index is -0.145. The molecular formula is C23H27FN2O. The number of likely N-dealkylation sites (tertiary alicyclic amines) is 1. The van der Waals surface area contributed by atoms with Crippen LogP contribution in [0.15, 0.2) is 48.5 Å². The minimum absolute atomic E-state index is 0.0657. The average Bonchev–Trinajstić information content (AvgIpc) is 2.70. The average molecular weight is 366 g/mol. The van der Waals surface area contributed by atoms with E-state index in [0.29, 0.717) is 6.54 Å². The number of amides is 1. The van der Waals surface area contributed by atoms with E-state index in [2.05, 4.69) is 34.5 Å². The fourth-order valence-corrected chi connectivity index (χ4v) is 4.41. The van der Waals surface area contributed by atoms with E-state index in [1.165, 1.54) is 17.2 Å². The van der Waals surface area contributed by atoms with E-state index in [9.17, 15) is 9.18 Å². The maximum Gasteiger partial charge on any atom is 0.223 e. The van der Waals surface area contributed by atoms with Crippen LogP contribution < -0.4 is 5.32 Å². The van der Waals surface area contributed by atoms with Crippen LogP contribution in [0.2, 0.25) is 0 Å². The Kier molecular flexibility index (Phi) is 5.53. The van der Waals surface area contributed by atoms with Gasteiger partial charge in [0.25, 0.3) is 0 Å². The number of carbonyl (C=O) groups excluding carboxylic acids is 1. The maximum atomic E-state index is 13.8. The lowest BCUT2D eigenvalue weighted by molar-refractivity contribution is -0.127. The summed E-state index contributed by atoms with van der Waals surface area (Å²) in [4.78, 5) is 15.1. The predicted octanol–water partition coefficient (Wildman–Crippen LogP) is 4.23. The van der Waals surface area contributed by atoms with E-state index >= 15 is 0 Å². The van der Waals surface area contributed by atoms with Gasteiger partial charge in [-0.25, -0.2) is 4.39 Å². The molecule has 1 saturated heterocycles. The largest absolute Gasteiger partial charge is 0.349 e. The lowest BCUT2D eigenvalue weighted by atomic mass is 9.87. The van der Waals surface area contributed by atoms with E-state index < -0.39 is 0 Å². The second kappa shape index (κ2) is 8.22. The van der Waals surface area contributed by atoms with Crippen LogP contribution in [0.4, 0.5) is 4.39 Å². The molecule has 2 aromatic carbocycles. The number of benzene rings is 2. The van der Waals surface area contributed by atoms with Gasteiger partial charge in [0.2, 0.25) is 5.91 Å². The number of nitrogens with one attached hydrogen (secondary N) is 1. The van der Waals surface area contributed by atoms with Gasteiger partial charge in [-0.1, -0.05) is 42.5 Å².